The summed E-state index contributed by atoms with van der Waals surface area (Å²) in [4.78, 5) is 1.50. The van der Waals surface area contributed by atoms with Crippen LogP contribution in [0.25, 0.3) is 0 Å². The molecule has 0 atom stereocenters. The van der Waals surface area contributed by atoms with Gasteiger partial charge in [-0.2, -0.15) is 0 Å². The van der Waals surface area contributed by atoms with E-state index in [1.807, 2.05) is 4.90 Å². The minimum absolute atomic E-state index is 0. The molecule has 0 radical (unpaired) electrons. The van der Waals surface area contributed by atoms with Gasteiger partial charge in [0.2, 0.25) is 0 Å². The van der Waals surface area contributed by atoms with Crippen molar-refractivity contribution in [1.29, 1.82) is 0 Å². The van der Waals surface area contributed by atoms with E-state index in [1.165, 1.54) is 24.3 Å². The van der Waals surface area contributed by atoms with Crippen molar-refractivity contribution in [2.75, 3.05) is 49.1 Å². The first-order valence-electron chi connectivity index (χ1n) is 9.49. The zero-order valence-electron chi connectivity index (χ0n) is 16.6. The van der Waals surface area contributed by atoms with Crippen molar-refractivity contribution in [1.82, 2.24) is 5.32 Å². The number of para-hydroxylation sites is 1. The van der Waals surface area contributed by atoms with Crippen LogP contribution in [0.5, 0.6) is 17.2 Å². The number of fused-ring (bicyclic) bond motifs is 1. The molecule has 2 aromatic rings. The number of alkyl halides is 3. The first kappa shape index (κ1) is 24.1. The molecule has 2 aromatic carbocycles. The summed E-state index contributed by atoms with van der Waals surface area (Å²) in [6.45, 7) is 1.94. The van der Waals surface area contributed by atoms with Crippen LogP contribution in [0.15, 0.2) is 41.3 Å². The molecule has 2 aliphatic rings. The van der Waals surface area contributed by atoms with Gasteiger partial charge in [-0.25, -0.2) is 12.8 Å². The molecule has 176 valence electrons. The van der Waals surface area contributed by atoms with Gasteiger partial charge in [0.15, 0.2) is 11.5 Å². The van der Waals surface area contributed by atoms with E-state index in [-0.39, 0.29) is 30.5 Å². The van der Waals surface area contributed by atoms with Gasteiger partial charge in [-0.3, -0.25) is 4.72 Å². The molecule has 0 unspecified atom stereocenters. The standard InChI is InChI=1S/C19H20F3N3O5S.ClH/c20-6-11-28-15-5-4-13(12-14(15)25-9-7-23-8-10-25)24-31(26,27)17-3-1-2-16-18(17)30-19(21,22)29-16;/h1-5,12,23-24H,6-11H2;1H. The summed E-state index contributed by atoms with van der Waals surface area (Å²) in [7, 11) is -4.29. The van der Waals surface area contributed by atoms with Crippen LogP contribution in [0.3, 0.4) is 0 Å². The lowest BCUT2D eigenvalue weighted by atomic mass is 10.2. The third kappa shape index (κ3) is 5.08. The predicted octanol–water partition coefficient (Wildman–Crippen LogP) is 2.99. The molecule has 1 saturated heterocycles. The molecule has 2 N–H and O–H groups in total. The lowest BCUT2D eigenvalue weighted by molar-refractivity contribution is -0.287. The van der Waals surface area contributed by atoms with E-state index in [4.69, 9.17) is 4.74 Å². The van der Waals surface area contributed by atoms with Gasteiger partial charge in [0, 0.05) is 26.2 Å². The molecule has 4 rings (SSSR count). The Labute approximate surface area is 189 Å². The smallest absolute Gasteiger partial charge is 0.489 e. The zero-order chi connectivity index (χ0) is 22.1. The number of nitrogens with zero attached hydrogens (tertiary/aromatic N) is 1. The fourth-order valence-corrected chi connectivity index (χ4v) is 4.56. The molecular formula is C19H21ClF3N3O5S. The summed E-state index contributed by atoms with van der Waals surface area (Å²) in [5.74, 6) is -0.519. The van der Waals surface area contributed by atoms with Gasteiger partial charge in [0.1, 0.15) is 23.9 Å². The fourth-order valence-electron chi connectivity index (χ4n) is 3.37. The number of piperazine rings is 1. The summed E-state index contributed by atoms with van der Waals surface area (Å²) in [5, 5.41) is 3.21. The second-order valence-electron chi connectivity index (χ2n) is 6.81. The molecule has 32 heavy (non-hydrogen) atoms. The SMILES string of the molecule is Cl.O=S(=O)(Nc1ccc(OCCF)c(N2CCNCC2)c1)c1cccc2c1OC(F)(F)O2. The van der Waals surface area contributed by atoms with Crippen molar-refractivity contribution >= 4 is 33.8 Å². The van der Waals surface area contributed by atoms with Gasteiger partial charge in [0.05, 0.1) is 11.4 Å². The molecule has 1 fully saturated rings. The Balaban J connectivity index is 0.00000289. The van der Waals surface area contributed by atoms with E-state index < -0.39 is 33.6 Å². The van der Waals surface area contributed by atoms with Gasteiger partial charge < -0.3 is 24.4 Å². The Morgan fingerprint density at radius 1 is 1.16 bits per heavy atom. The monoisotopic (exact) mass is 495 g/mol. The van der Waals surface area contributed by atoms with Crippen LogP contribution in [0.4, 0.5) is 24.5 Å². The first-order valence-corrected chi connectivity index (χ1v) is 11.0. The molecule has 0 spiro atoms. The minimum atomic E-state index is -4.29. The number of halogens is 4. The molecule has 0 saturated carbocycles. The summed E-state index contributed by atoms with van der Waals surface area (Å²) < 4.78 is 81.8. The van der Waals surface area contributed by atoms with Gasteiger partial charge >= 0.3 is 6.29 Å². The van der Waals surface area contributed by atoms with Gasteiger partial charge in [-0.05, 0) is 30.3 Å². The van der Waals surface area contributed by atoms with Crippen LogP contribution in [0.2, 0.25) is 0 Å². The number of hydrogen-bond donors (Lipinski definition) is 2. The van der Waals surface area contributed by atoms with Gasteiger partial charge in [0.25, 0.3) is 10.0 Å². The molecule has 8 nitrogen and oxygen atoms in total. The molecule has 2 heterocycles. The zero-order valence-corrected chi connectivity index (χ0v) is 18.3. The van der Waals surface area contributed by atoms with Crippen LogP contribution in [-0.2, 0) is 10.0 Å². The molecule has 0 aromatic heterocycles. The van der Waals surface area contributed by atoms with Crippen LogP contribution in [-0.4, -0.2) is 54.2 Å². The highest BCUT2D eigenvalue weighted by Gasteiger charge is 2.46. The summed E-state index contributed by atoms with van der Waals surface area (Å²) in [6, 6.07) is 8.15. The molecular weight excluding hydrogens is 475 g/mol. The second kappa shape index (κ2) is 9.51. The van der Waals surface area contributed by atoms with Crippen molar-refractivity contribution in [2.24, 2.45) is 0 Å². The third-order valence-corrected chi connectivity index (χ3v) is 6.09. The highest BCUT2D eigenvalue weighted by atomic mass is 35.5. The largest absolute Gasteiger partial charge is 0.586 e. The normalized spacial score (nSPS) is 16.9. The first-order chi connectivity index (χ1) is 14.8. The second-order valence-corrected chi connectivity index (χ2v) is 8.46. The van der Waals surface area contributed by atoms with Crippen molar-refractivity contribution in [3.8, 4) is 17.2 Å². The third-order valence-electron chi connectivity index (χ3n) is 4.69. The van der Waals surface area contributed by atoms with Crippen molar-refractivity contribution in [2.45, 2.75) is 11.2 Å². The number of sulfonamides is 1. The fraction of sp³-hybridized carbons (Fsp3) is 0.368. The minimum Gasteiger partial charge on any atom is -0.489 e. The quantitative estimate of drug-likeness (QED) is 0.610. The van der Waals surface area contributed by atoms with Crippen molar-refractivity contribution in [3.05, 3.63) is 36.4 Å². The Kier molecular flexibility index (Phi) is 7.16. The summed E-state index contributed by atoms with van der Waals surface area (Å²) >= 11 is 0. The van der Waals surface area contributed by atoms with E-state index >= 15 is 0 Å². The van der Waals surface area contributed by atoms with E-state index in [2.05, 4.69) is 19.5 Å². The number of nitrogens with one attached hydrogen (secondary N) is 2. The van der Waals surface area contributed by atoms with E-state index in [9.17, 15) is 21.6 Å². The predicted molar refractivity (Wildman–Crippen MR) is 114 cm³/mol. The molecule has 13 heteroatoms. The van der Waals surface area contributed by atoms with Crippen molar-refractivity contribution < 1.29 is 35.8 Å². The maximum atomic E-state index is 13.4. The van der Waals surface area contributed by atoms with Crippen molar-refractivity contribution in [3.63, 3.8) is 0 Å². The maximum absolute atomic E-state index is 13.4. The summed E-state index contributed by atoms with van der Waals surface area (Å²) in [5.41, 5.74) is 0.781. The molecule has 0 amide bonds. The number of hydrogen-bond acceptors (Lipinski definition) is 7. The molecule has 2 aliphatic heterocycles. The Morgan fingerprint density at radius 2 is 1.91 bits per heavy atom. The van der Waals surface area contributed by atoms with E-state index in [0.29, 0.717) is 24.5 Å². The van der Waals surface area contributed by atoms with Crippen LogP contribution >= 0.6 is 12.4 Å². The topological polar surface area (TPSA) is 89.1 Å². The Bertz CT molecular complexity index is 1070. The average Bonchev–Trinajstić information content (AvgIpc) is 3.06. The van der Waals surface area contributed by atoms with Gasteiger partial charge in [-0.1, -0.05) is 6.07 Å². The van der Waals surface area contributed by atoms with Crippen LogP contribution in [0, 0.1) is 0 Å². The number of ether oxygens (including phenoxy) is 3. The van der Waals surface area contributed by atoms with Crippen LogP contribution in [0.1, 0.15) is 0 Å². The van der Waals surface area contributed by atoms with Crippen LogP contribution < -0.4 is 29.1 Å². The highest BCUT2D eigenvalue weighted by molar-refractivity contribution is 7.92. The summed E-state index contributed by atoms with van der Waals surface area (Å²) in [6.07, 6.45) is -3.95. The van der Waals surface area contributed by atoms with E-state index in [0.717, 1.165) is 19.2 Å². The number of benzene rings is 2. The number of anilines is 2. The number of rotatable bonds is 7. The lowest BCUT2D eigenvalue weighted by Gasteiger charge is -2.31. The average molecular weight is 496 g/mol. The van der Waals surface area contributed by atoms with E-state index in [1.54, 1.807) is 6.07 Å². The Hall–Kier alpha value is -2.57. The maximum Gasteiger partial charge on any atom is 0.586 e. The van der Waals surface area contributed by atoms with Gasteiger partial charge in [-0.15, -0.1) is 21.2 Å². The lowest BCUT2D eigenvalue weighted by Crippen LogP contribution is -2.43. The Morgan fingerprint density at radius 3 is 2.62 bits per heavy atom. The molecule has 0 bridgehead atoms. The highest BCUT2D eigenvalue weighted by Crippen LogP contribution is 2.45. The molecule has 0 aliphatic carbocycles.